The van der Waals surface area contributed by atoms with Crippen LogP contribution in [-0.2, 0) is 14.8 Å². The van der Waals surface area contributed by atoms with Crippen molar-refractivity contribution < 1.29 is 13.2 Å². The fourth-order valence-corrected chi connectivity index (χ4v) is 4.20. The molecule has 2 heterocycles. The number of carbonyl (C=O) groups excluding carboxylic acids is 1. The molecule has 0 spiro atoms. The van der Waals surface area contributed by atoms with Crippen LogP contribution in [0.15, 0.2) is 0 Å². The average Bonchev–Trinajstić information content (AvgIpc) is 2.36. The monoisotopic (exact) mass is 275 g/mol. The van der Waals surface area contributed by atoms with Gasteiger partial charge in [-0.1, -0.05) is 0 Å². The zero-order chi connectivity index (χ0) is 13.3. The molecule has 0 aliphatic carbocycles. The van der Waals surface area contributed by atoms with E-state index in [1.165, 1.54) is 0 Å². The van der Waals surface area contributed by atoms with Gasteiger partial charge in [-0.15, -0.1) is 0 Å². The standard InChI is InChI=1S/C11H21N3O3S/c1-8(6-12)18(16,17)14-5-4-10-9(7-14)2-3-11(15)13-10/h8-10H,2-7,12H2,1H3,(H,13,15). The molecule has 0 aromatic heterocycles. The Labute approximate surface area is 108 Å². The van der Waals surface area contributed by atoms with Crippen LogP contribution in [0.3, 0.4) is 0 Å². The summed E-state index contributed by atoms with van der Waals surface area (Å²) in [6.07, 6.45) is 1.98. The van der Waals surface area contributed by atoms with E-state index in [-0.39, 0.29) is 24.4 Å². The van der Waals surface area contributed by atoms with E-state index in [1.807, 2.05) is 0 Å². The second-order valence-corrected chi connectivity index (χ2v) is 7.56. The highest BCUT2D eigenvalue weighted by atomic mass is 32.2. The molecular weight excluding hydrogens is 254 g/mol. The lowest BCUT2D eigenvalue weighted by atomic mass is 9.86. The van der Waals surface area contributed by atoms with E-state index < -0.39 is 15.3 Å². The number of nitrogens with two attached hydrogens (primary N) is 1. The number of hydrogen-bond acceptors (Lipinski definition) is 4. The van der Waals surface area contributed by atoms with E-state index in [2.05, 4.69) is 5.32 Å². The van der Waals surface area contributed by atoms with Crippen molar-refractivity contribution >= 4 is 15.9 Å². The normalized spacial score (nSPS) is 31.6. The molecule has 0 aromatic rings. The molecule has 104 valence electrons. The summed E-state index contributed by atoms with van der Waals surface area (Å²) in [6.45, 7) is 2.78. The Bertz CT molecular complexity index is 423. The molecule has 0 aromatic carbocycles. The van der Waals surface area contributed by atoms with Gasteiger partial charge in [0.15, 0.2) is 0 Å². The van der Waals surface area contributed by atoms with E-state index in [1.54, 1.807) is 11.2 Å². The molecule has 0 bridgehead atoms. The summed E-state index contributed by atoms with van der Waals surface area (Å²) in [5.41, 5.74) is 5.45. The average molecular weight is 275 g/mol. The summed E-state index contributed by atoms with van der Waals surface area (Å²) in [6, 6.07) is 0.144. The summed E-state index contributed by atoms with van der Waals surface area (Å²) in [7, 11) is -3.28. The number of rotatable bonds is 3. The fourth-order valence-electron chi connectivity index (χ4n) is 2.68. The van der Waals surface area contributed by atoms with Crippen LogP contribution < -0.4 is 11.1 Å². The van der Waals surface area contributed by atoms with Crippen molar-refractivity contribution in [2.45, 2.75) is 37.5 Å². The molecule has 7 heteroatoms. The molecule has 6 nitrogen and oxygen atoms in total. The minimum absolute atomic E-state index is 0.0860. The van der Waals surface area contributed by atoms with Crippen molar-refractivity contribution in [2.24, 2.45) is 11.7 Å². The molecule has 2 fully saturated rings. The predicted molar refractivity (Wildman–Crippen MR) is 68.3 cm³/mol. The van der Waals surface area contributed by atoms with Crippen molar-refractivity contribution in [1.82, 2.24) is 9.62 Å². The van der Waals surface area contributed by atoms with Crippen LogP contribution in [-0.4, -0.2) is 49.6 Å². The van der Waals surface area contributed by atoms with Gasteiger partial charge in [-0.3, -0.25) is 4.79 Å². The highest BCUT2D eigenvalue weighted by molar-refractivity contribution is 7.89. The van der Waals surface area contributed by atoms with Gasteiger partial charge in [0.05, 0.1) is 5.25 Å². The SMILES string of the molecule is CC(CN)S(=O)(=O)N1CCC2NC(=O)CCC2C1. The molecule has 3 N–H and O–H groups in total. The van der Waals surface area contributed by atoms with Crippen LogP contribution in [0.5, 0.6) is 0 Å². The maximum Gasteiger partial charge on any atom is 0.220 e. The lowest BCUT2D eigenvalue weighted by Gasteiger charge is -2.41. The first-order valence-electron chi connectivity index (χ1n) is 6.43. The number of piperidine rings is 2. The molecule has 3 atom stereocenters. The summed E-state index contributed by atoms with van der Waals surface area (Å²) < 4.78 is 26.0. The Kier molecular flexibility index (Phi) is 3.93. The number of carbonyl (C=O) groups is 1. The van der Waals surface area contributed by atoms with Crippen molar-refractivity contribution in [2.75, 3.05) is 19.6 Å². The van der Waals surface area contributed by atoms with Gasteiger partial charge < -0.3 is 11.1 Å². The van der Waals surface area contributed by atoms with Crippen LogP contribution in [0.1, 0.15) is 26.2 Å². The summed E-state index contributed by atoms with van der Waals surface area (Å²) in [5, 5.41) is 2.41. The molecule has 2 aliphatic rings. The number of nitrogens with one attached hydrogen (secondary N) is 1. The van der Waals surface area contributed by atoms with Crippen LogP contribution in [0.4, 0.5) is 0 Å². The van der Waals surface area contributed by atoms with Gasteiger partial charge in [-0.05, 0) is 25.7 Å². The lowest BCUT2D eigenvalue weighted by Crippen LogP contribution is -2.56. The molecule has 2 aliphatic heterocycles. The first-order chi connectivity index (χ1) is 8.45. The topological polar surface area (TPSA) is 92.5 Å². The number of nitrogens with zero attached hydrogens (tertiary/aromatic N) is 1. The largest absolute Gasteiger partial charge is 0.353 e. The Morgan fingerprint density at radius 3 is 2.89 bits per heavy atom. The lowest BCUT2D eigenvalue weighted by molar-refractivity contribution is -0.124. The van der Waals surface area contributed by atoms with E-state index in [4.69, 9.17) is 5.73 Å². The Morgan fingerprint density at radius 2 is 2.22 bits per heavy atom. The molecule has 18 heavy (non-hydrogen) atoms. The van der Waals surface area contributed by atoms with Gasteiger partial charge in [0.2, 0.25) is 15.9 Å². The number of sulfonamides is 1. The molecule has 0 radical (unpaired) electrons. The van der Waals surface area contributed by atoms with Crippen LogP contribution >= 0.6 is 0 Å². The molecule has 0 saturated carbocycles. The number of fused-ring (bicyclic) bond motifs is 1. The zero-order valence-electron chi connectivity index (χ0n) is 10.6. The Hall–Kier alpha value is -0.660. The number of hydrogen-bond donors (Lipinski definition) is 2. The summed E-state index contributed by atoms with van der Waals surface area (Å²) in [5.74, 6) is 0.332. The predicted octanol–water partition coefficient (Wildman–Crippen LogP) is -0.736. The Balaban J connectivity index is 2.05. The second-order valence-electron chi connectivity index (χ2n) is 5.21. The van der Waals surface area contributed by atoms with Crippen molar-refractivity contribution in [3.8, 4) is 0 Å². The van der Waals surface area contributed by atoms with E-state index in [0.29, 0.717) is 25.9 Å². The maximum atomic E-state index is 12.2. The van der Waals surface area contributed by atoms with Crippen molar-refractivity contribution in [3.63, 3.8) is 0 Å². The zero-order valence-corrected chi connectivity index (χ0v) is 11.4. The van der Waals surface area contributed by atoms with Gasteiger partial charge in [-0.25, -0.2) is 12.7 Å². The third-order valence-electron chi connectivity index (χ3n) is 3.99. The summed E-state index contributed by atoms with van der Waals surface area (Å²) >= 11 is 0. The molecule has 3 unspecified atom stereocenters. The van der Waals surface area contributed by atoms with Gasteiger partial charge in [0.1, 0.15) is 0 Å². The third kappa shape index (κ3) is 2.53. The fraction of sp³-hybridized carbons (Fsp3) is 0.909. The molecule has 1 amide bonds. The second kappa shape index (κ2) is 5.14. The number of amides is 1. The van der Waals surface area contributed by atoms with Gasteiger partial charge in [0, 0.05) is 32.1 Å². The van der Waals surface area contributed by atoms with Crippen LogP contribution in [0.25, 0.3) is 0 Å². The minimum atomic E-state index is -3.28. The third-order valence-corrected chi connectivity index (χ3v) is 6.25. The van der Waals surface area contributed by atoms with E-state index >= 15 is 0 Å². The molecule has 2 saturated heterocycles. The highest BCUT2D eigenvalue weighted by Gasteiger charge is 2.39. The van der Waals surface area contributed by atoms with Gasteiger partial charge >= 0.3 is 0 Å². The van der Waals surface area contributed by atoms with Crippen LogP contribution in [0, 0.1) is 5.92 Å². The molecule has 2 rings (SSSR count). The van der Waals surface area contributed by atoms with Gasteiger partial charge in [0.25, 0.3) is 0 Å². The quantitative estimate of drug-likeness (QED) is 0.710. The van der Waals surface area contributed by atoms with Gasteiger partial charge in [-0.2, -0.15) is 0 Å². The summed E-state index contributed by atoms with van der Waals surface area (Å²) in [4.78, 5) is 11.3. The van der Waals surface area contributed by atoms with Crippen LogP contribution in [0.2, 0.25) is 0 Å². The maximum absolute atomic E-state index is 12.2. The van der Waals surface area contributed by atoms with Crippen molar-refractivity contribution in [1.29, 1.82) is 0 Å². The molecular formula is C11H21N3O3S. The first kappa shape index (κ1) is 13.8. The van der Waals surface area contributed by atoms with E-state index in [9.17, 15) is 13.2 Å². The first-order valence-corrected chi connectivity index (χ1v) is 7.94. The Morgan fingerprint density at radius 1 is 1.50 bits per heavy atom. The smallest absolute Gasteiger partial charge is 0.220 e. The van der Waals surface area contributed by atoms with Crippen molar-refractivity contribution in [3.05, 3.63) is 0 Å². The highest BCUT2D eigenvalue weighted by Crippen LogP contribution is 2.27. The minimum Gasteiger partial charge on any atom is -0.353 e. The van der Waals surface area contributed by atoms with E-state index in [0.717, 1.165) is 6.42 Å².